The van der Waals surface area contributed by atoms with E-state index in [0.29, 0.717) is 23.6 Å². The molecule has 0 spiro atoms. The number of methoxy groups -OCH3 is 2. The van der Waals surface area contributed by atoms with Gasteiger partial charge in [-0.15, -0.1) is 11.6 Å². The van der Waals surface area contributed by atoms with E-state index in [0.717, 1.165) is 11.3 Å². The summed E-state index contributed by atoms with van der Waals surface area (Å²) in [6.45, 7) is 0. The lowest BCUT2D eigenvalue weighted by atomic mass is 10.2. The van der Waals surface area contributed by atoms with Gasteiger partial charge in [0.2, 0.25) is 17.7 Å². The molecular weight excluding hydrogens is 266 g/mol. The third kappa shape index (κ3) is 3.26. The summed E-state index contributed by atoms with van der Waals surface area (Å²) in [5.74, 6) is 1.66. The van der Waals surface area contributed by atoms with Gasteiger partial charge in [-0.25, -0.2) is 0 Å². The van der Waals surface area contributed by atoms with E-state index in [-0.39, 0.29) is 0 Å². The number of hydrogen-bond donors (Lipinski definition) is 1. The Kier molecular flexibility index (Phi) is 4.41. The minimum absolute atomic E-state index is 0.397. The molecule has 2 aromatic rings. The Morgan fingerprint density at radius 3 is 2.32 bits per heavy atom. The third-order valence-corrected chi connectivity index (χ3v) is 2.79. The molecule has 0 radical (unpaired) electrons. The molecule has 0 bridgehead atoms. The van der Waals surface area contributed by atoms with Crippen molar-refractivity contribution in [1.29, 1.82) is 0 Å². The Morgan fingerprint density at radius 1 is 1.11 bits per heavy atom. The molecule has 0 unspecified atom stereocenters. The molecule has 0 aliphatic rings. The summed E-state index contributed by atoms with van der Waals surface area (Å²) in [6.07, 6.45) is 0. The smallest absolute Gasteiger partial charge is 0.233 e. The molecule has 0 amide bonds. The maximum absolute atomic E-state index is 5.89. The fourth-order valence-electron chi connectivity index (χ4n) is 1.55. The average molecular weight is 280 g/mol. The molecule has 100 valence electrons. The molecule has 6 heteroatoms. The van der Waals surface area contributed by atoms with Crippen molar-refractivity contribution in [1.82, 2.24) is 9.97 Å². The van der Waals surface area contributed by atoms with Crippen molar-refractivity contribution in [3.8, 4) is 11.8 Å². The summed E-state index contributed by atoms with van der Waals surface area (Å²) >= 11 is 5.89. The van der Waals surface area contributed by atoms with E-state index in [1.807, 2.05) is 24.3 Å². The molecule has 1 N–H and O–H groups in total. The van der Waals surface area contributed by atoms with Gasteiger partial charge in [0, 0.05) is 11.6 Å². The number of rotatable bonds is 5. The van der Waals surface area contributed by atoms with Crippen molar-refractivity contribution in [3.63, 3.8) is 0 Å². The standard InChI is InChI=1S/C13H14ClN3O2/c1-18-11-7-12(19-2)17-13(16-11)15-10-6-4-3-5-9(10)8-14/h3-7H,8H2,1-2H3,(H,15,16,17). The second-order valence-corrected chi connectivity index (χ2v) is 3.96. The lowest BCUT2D eigenvalue weighted by molar-refractivity contribution is 0.373. The van der Waals surface area contributed by atoms with Crippen LogP contribution < -0.4 is 14.8 Å². The Labute approximate surface area is 116 Å². The van der Waals surface area contributed by atoms with Gasteiger partial charge in [-0.1, -0.05) is 18.2 Å². The van der Waals surface area contributed by atoms with Gasteiger partial charge in [-0.05, 0) is 11.6 Å². The van der Waals surface area contributed by atoms with E-state index in [2.05, 4.69) is 15.3 Å². The van der Waals surface area contributed by atoms with Gasteiger partial charge in [0.1, 0.15) is 0 Å². The van der Waals surface area contributed by atoms with Gasteiger partial charge in [0.05, 0.1) is 20.3 Å². The molecule has 1 aromatic heterocycles. The van der Waals surface area contributed by atoms with Gasteiger partial charge in [0.25, 0.3) is 0 Å². The van der Waals surface area contributed by atoms with Crippen LogP contribution >= 0.6 is 11.6 Å². The number of nitrogens with one attached hydrogen (secondary N) is 1. The van der Waals surface area contributed by atoms with Crippen LogP contribution in [0.2, 0.25) is 0 Å². The van der Waals surface area contributed by atoms with Crippen LogP contribution in [0.3, 0.4) is 0 Å². The molecular formula is C13H14ClN3O2. The number of para-hydroxylation sites is 1. The van der Waals surface area contributed by atoms with E-state index in [1.165, 1.54) is 14.2 Å². The minimum Gasteiger partial charge on any atom is -0.481 e. The molecule has 1 heterocycles. The topological polar surface area (TPSA) is 56.3 Å². The first-order chi connectivity index (χ1) is 9.26. The Hall–Kier alpha value is -2.01. The normalized spacial score (nSPS) is 10.1. The summed E-state index contributed by atoms with van der Waals surface area (Å²) in [6, 6.07) is 9.30. The number of ether oxygens (including phenoxy) is 2. The predicted molar refractivity (Wildman–Crippen MR) is 74.4 cm³/mol. The van der Waals surface area contributed by atoms with Crippen LogP contribution in [0.25, 0.3) is 0 Å². The first-order valence-corrected chi connectivity index (χ1v) is 6.18. The van der Waals surface area contributed by atoms with E-state index < -0.39 is 0 Å². The molecule has 0 atom stereocenters. The molecule has 1 aromatic carbocycles. The highest BCUT2D eigenvalue weighted by atomic mass is 35.5. The fraction of sp³-hybridized carbons (Fsp3) is 0.231. The number of nitrogens with zero attached hydrogens (tertiary/aromatic N) is 2. The predicted octanol–water partition coefficient (Wildman–Crippen LogP) is 2.98. The van der Waals surface area contributed by atoms with Crippen molar-refractivity contribution >= 4 is 23.2 Å². The van der Waals surface area contributed by atoms with Crippen LogP contribution in [0.4, 0.5) is 11.6 Å². The van der Waals surface area contributed by atoms with E-state index in [1.54, 1.807) is 6.07 Å². The Morgan fingerprint density at radius 2 is 1.74 bits per heavy atom. The molecule has 0 aliphatic heterocycles. The summed E-state index contributed by atoms with van der Waals surface area (Å²) < 4.78 is 10.2. The average Bonchev–Trinajstić information content (AvgIpc) is 2.47. The Bertz CT molecular complexity index is 541. The molecule has 19 heavy (non-hydrogen) atoms. The van der Waals surface area contributed by atoms with E-state index in [9.17, 15) is 0 Å². The van der Waals surface area contributed by atoms with E-state index in [4.69, 9.17) is 21.1 Å². The number of benzene rings is 1. The van der Waals surface area contributed by atoms with Crippen LogP contribution in [0, 0.1) is 0 Å². The Balaban J connectivity index is 2.32. The molecule has 5 nitrogen and oxygen atoms in total. The summed E-state index contributed by atoms with van der Waals surface area (Å²) in [5.41, 5.74) is 1.82. The zero-order chi connectivity index (χ0) is 13.7. The third-order valence-electron chi connectivity index (χ3n) is 2.51. The van der Waals surface area contributed by atoms with Crippen molar-refractivity contribution in [2.24, 2.45) is 0 Å². The zero-order valence-corrected chi connectivity index (χ0v) is 11.4. The summed E-state index contributed by atoms with van der Waals surface area (Å²) in [7, 11) is 3.08. The highest BCUT2D eigenvalue weighted by molar-refractivity contribution is 6.17. The summed E-state index contributed by atoms with van der Waals surface area (Å²) in [4.78, 5) is 8.41. The summed E-state index contributed by atoms with van der Waals surface area (Å²) in [5, 5.41) is 3.11. The molecule has 0 saturated carbocycles. The van der Waals surface area contributed by atoms with Gasteiger partial charge < -0.3 is 14.8 Å². The van der Waals surface area contributed by atoms with Gasteiger partial charge in [-0.3, -0.25) is 0 Å². The van der Waals surface area contributed by atoms with Gasteiger partial charge in [0.15, 0.2) is 0 Å². The van der Waals surface area contributed by atoms with Crippen molar-refractivity contribution in [2.75, 3.05) is 19.5 Å². The monoisotopic (exact) mass is 279 g/mol. The van der Waals surface area contributed by atoms with Crippen molar-refractivity contribution in [3.05, 3.63) is 35.9 Å². The number of hydrogen-bond acceptors (Lipinski definition) is 5. The maximum atomic E-state index is 5.89. The maximum Gasteiger partial charge on any atom is 0.233 e. The number of aromatic nitrogens is 2. The highest BCUT2D eigenvalue weighted by Crippen LogP contribution is 2.23. The van der Waals surface area contributed by atoms with Gasteiger partial charge >= 0.3 is 0 Å². The lowest BCUT2D eigenvalue weighted by Crippen LogP contribution is -2.02. The van der Waals surface area contributed by atoms with Crippen LogP contribution in [-0.2, 0) is 5.88 Å². The molecule has 2 rings (SSSR count). The number of anilines is 2. The molecule has 0 saturated heterocycles. The zero-order valence-electron chi connectivity index (χ0n) is 10.7. The van der Waals surface area contributed by atoms with Crippen LogP contribution in [0.1, 0.15) is 5.56 Å². The minimum atomic E-state index is 0.397. The second-order valence-electron chi connectivity index (χ2n) is 3.69. The largest absolute Gasteiger partial charge is 0.481 e. The lowest BCUT2D eigenvalue weighted by Gasteiger charge is -2.10. The van der Waals surface area contributed by atoms with E-state index >= 15 is 0 Å². The molecule has 0 aliphatic carbocycles. The SMILES string of the molecule is COc1cc(OC)nc(Nc2ccccc2CCl)n1. The van der Waals surface area contributed by atoms with Crippen LogP contribution in [0.15, 0.2) is 30.3 Å². The first kappa shape index (κ1) is 13.4. The van der Waals surface area contributed by atoms with Crippen LogP contribution in [0.5, 0.6) is 11.8 Å². The number of alkyl halides is 1. The quantitative estimate of drug-likeness (QED) is 0.853. The van der Waals surface area contributed by atoms with Gasteiger partial charge in [-0.2, -0.15) is 9.97 Å². The van der Waals surface area contributed by atoms with Crippen molar-refractivity contribution < 1.29 is 9.47 Å². The van der Waals surface area contributed by atoms with Crippen molar-refractivity contribution in [2.45, 2.75) is 5.88 Å². The second kappa shape index (κ2) is 6.24. The fourth-order valence-corrected chi connectivity index (χ4v) is 1.78. The van der Waals surface area contributed by atoms with Crippen LogP contribution in [-0.4, -0.2) is 24.2 Å². The highest BCUT2D eigenvalue weighted by Gasteiger charge is 2.07. The number of halogens is 1. The first-order valence-electron chi connectivity index (χ1n) is 5.64. The molecule has 0 fully saturated rings.